The van der Waals surface area contributed by atoms with Crippen LogP contribution in [0.15, 0.2) is 48.5 Å². The molecule has 0 aromatic heterocycles. The number of carbonyl (C=O) groups excluding carboxylic acids is 3. The first-order valence-electron chi connectivity index (χ1n) is 9.28. The summed E-state index contributed by atoms with van der Waals surface area (Å²) >= 11 is 0. The standard InChI is InChI=1S/C21H22FN3O6/c1-13(23-20(28)31-21(2,3)4)18(26)24(14-9-6-5-7-10-14)19(27)17-15(22)11-8-12-16(17)25(29)30/h5-13H,1-4H3,(H,23,28)/t13-/m0/s1. The number of alkyl carbamates (subject to hydrolysis) is 1. The first-order valence-corrected chi connectivity index (χ1v) is 9.28. The highest BCUT2D eigenvalue weighted by atomic mass is 19.1. The minimum atomic E-state index is -1.26. The molecule has 31 heavy (non-hydrogen) atoms. The van der Waals surface area contributed by atoms with Gasteiger partial charge in [0.15, 0.2) is 5.56 Å². The van der Waals surface area contributed by atoms with E-state index in [1.165, 1.54) is 31.2 Å². The molecule has 0 radical (unpaired) electrons. The minimum Gasteiger partial charge on any atom is -0.444 e. The van der Waals surface area contributed by atoms with Gasteiger partial charge in [-0.15, -0.1) is 0 Å². The van der Waals surface area contributed by atoms with Gasteiger partial charge in [0.1, 0.15) is 17.5 Å². The molecule has 0 aliphatic rings. The number of amides is 3. The van der Waals surface area contributed by atoms with E-state index in [1.54, 1.807) is 26.8 Å². The third kappa shape index (κ3) is 5.84. The average Bonchev–Trinajstić information content (AvgIpc) is 2.66. The highest BCUT2D eigenvalue weighted by Crippen LogP contribution is 2.26. The van der Waals surface area contributed by atoms with Crippen LogP contribution in [0.1, 0.15) is 38.1 Å². The summed E-state index contributed by atoms with van der Waals surface area (Å²) < 4.78 is 19.5. The van der Waals surface area contributed by atoms with Crippen LogP contribution in [-0.2, 0) is 9.53 Å². The van der Waals surface area contributed by atoms with Gasteiger partial charge in [-0.1, -0.05) is 24.3 Å². The van der Waals surface area contributed by atoms with Crippen molar-refractivity contribution >= 4 is 29.3 Å². The van der Waals surface area contributed by atoms with Crippen molar-refractivity contribution in [2.75, 3.05) is 4.90 Å². The number of anilines is 1. The molecule has 0 spiro atoms. The molecule has 1 atom stereocenters. The Bertz CT molecular complexity index is 1000. The van der Waals surface area contributed by atoms with Crippen LogP contribution >= 0.6 is 0 Å². The van der Waals surface area contributed by atoms with E-state index in [9.17, 15) is 28.9 Å². The molecule has 0 aliphatic heterocycles. The van der Waals surface area contributed by atoms with E-state index in [1.807, 2.05) is 0 Å². The van der Waals surface area contributed by atoms with Crippen molar-refractivity contribution < 1.29 is 28.4 Å². The molecule has 2 aromatic carbocycles. The first kappa shape index (κ1) is 23.5. The van der Waals surface area contributed by atoms with Crippen molar-refractivity contribution in [1.29, 1.82) is 0 Å². The zero-order chi connectivity index (χ0) is 23.3. The maximum Gasteiger partial charge on any atom is 0.408 e. The monoisotopic (exact) mass is 431 g/mol. The molecule has 0 aliphatic carbocycles. The number of para-hydroxylation sites is 1. The zero-order valence-electron chi connectivity index (χ0n) is 17.4. The number of nitrogens with one attached hydrogen (secondary N) is 1. The molecule has 3 amide bonds. The summed E-state index contributed by atoms with van der Waals surface area (Å²) in [6, 6.07) is 9.18. The molecule has 9 nitrogen and oxygen atoms in total. The maximum absolute atomic E-state index is 14.4. The van der Waals surface area contributed by atoms with Gasteiger partial charge in [0.2, 0.25) is 0 Å². The summed E-state index contributed by atoms with van der Waals surface area (Å²) in [5.41, 5.74) is -2.43. The lowest BCUT2D eigenvalue weighted by Crippen LogP contribution is -2.50. The molecular formula is C21H22FN3O6. The summed E-state index contributed by atoms with van der Waals surface area (Å²) in [6.45, 7) is 6.22. The van der Waals surface area contributed by atoms with E-state index in [2.05, 4.69) is 5.32 Å². The van der Waals surface area contributed by atoms with Crippen LogP contribution in [0.25, 0.3) is 0 Å². The summed E-state index contributed by atoms with van der Waals surface area (Å²) in [5, 5.41) is 13.6. The number of benzene rings is 2. The van der Waals surface area contributed by atoms with Crippen LogP contribution in [0.2, 0.25) is 0 Å². The Labute approximate surface area is 177 Å². The third-order valence-electron chi connectivity index (χ3n) is 3.94. The van der Waals surface area contributed by atoms with E-state index in [-0.39, 0.29) is 5.69 Å². The first-order chi connectivity index (χ1) is 14.4. The maximum atomic E-state index is 14.4. The van der Waals surface area contributed by atoms with Crippen molar-refractivity contribution in [3.8, 4) is 0 Å². The van der Waals surface area contributed by atoms with E-state index < -0.39 is 51.5 Å². The molecule has 2 rings (SSSR count). The Morgan fingerprint density at radius 3 is 2.26 bits per heavy atom. The lowest BCUT2D eigenvalue weighted by molar-refractivity contribution is -0.385. The van der Waals surface area contributed by atoms with Crippen molar-refractivity contribution in [3.05, 3.63) is 70.0 Å². The fourth-order valence-corrected chi connectivity index (χ4v) is 2.65. The van der Waals surface area contributed by atoms with Gasteiger partial charge in [-0.2, -0.15) is 0 Å². The fraction of sp³-hybridized carbons (Fsp3) is 0.286. The van der Waals surface area contributed by atoms with E-state index >= 15 is 0 Å². The average molecular weight is 431 g/mol. The Morgan fingerprint density at radius 1 is 1.10 bits per heavy atom. The summed E-state index contributed by atoms with van der Waals surface area (Å²) in [7, 11) is 0. The molecule has 10 heteroatoms. The van der Waals surface area contributed by atoms with Crippen LogP contribution < -0.4 is 10.2 Å². The van der Waals surface area contributed by atoms with Crippen molar-refractivity contribution in [1.82, 2.24) is 5.32 Å². The van der Waals surface area contributed by atoms with Gasteiger partial charge >= 0.3 is 6.09 Å². The van der Waals surface area contributed by atoms with Crippen LogP contribution in [0.4, 0.5) is 20.6 Å². The second kappa shape index (κ2) is 9.33. The number of rotatable bonds is 5. The van der Waals surface area contributed by atoms with Gasteiger partial charge in [0, 0.05) is 6.07 Å². The van der Waals surface area contributed by atoms with Gasteiger partial charge in [-0.25, -0.2) is 14.1 Å². The number of imide groups is 1. The molecular weight excluding hydrogens is 409 g/mol. The van der Waals surface area contributed by atoms with Crippen LogP contribution in [0.3, 0.4) is 0 Å². The van der Waals surface area contributed by atoms with Crippen LogP contribution in [-0.4, -0.2) is 34.5 Å². The normalized spacial score (nSPS) is 11.9. The third-order valence-corrected chi connectivity index (χ3v) is 3.94. The number of nitro groups is 1. The number of hydrogen-bond donors (Lipinski definition) is 1. The predicted molar refractivity (Wildman–Crippen MR) is 110 cm³/mol. The van der Waals surface area contributed by atoms with Crippen LogP contribution in [0.5, 0.6) is 0 Å². The molecule has 0 unspecified atom stereocenters. The fourth-order valence-electron chi connectivity index (χ4n) is 2.65. The number of nitro benzene ring substituents is 1. The van der Waals surface area contributed by atoms with Crippen molar-refractivity contribution in [2.45, 2.75) is 39.3 Å². The number of ether oxygens (including phenoxy) is 1. The molecule has 0 saturated heterocycles. The molecule has 1 N–H and O–H groups in total. The Hall–Kier alpha value is -3.82. The van der Waals surface area contributed by atoms with Crippen LogP contribution in [0, 0.1) is 15.9 Å². The molecule has 0 saturated carbocycles. The number of carbonyl (C=O) groups is 3. The summed E-state index contributed by atoms with van der Waals surface area (Å²) in [5.74, 6) is -3.32. The Kier molecular flexibility index (Phi) is 7.06. The van der Waals surface area contributed by atoms with Gasteiger partial charge in [-0.05, 0) is 45.9 Å². The lowest BCUT2D eigenvalue weighted by Gasteiger charge is -2.26. The molecule has 2 aromatic rings. The Balaban J connectivity index is 2.46. The van der Waals surface area contributed by atoms with Crippen molar-refractivity contribution in [2.24, 2.45) is 0 Å². The summed E-state index contributed by atoms with van der Waals surface area (Å²) in [4.78, 5) is 49.3. The second-order valence-electron chi connectivity index (χ2n) is 7.57. The van der Waals surface area contributed by atoms with Gasteiger partial charge in [-0.3, -0.25) is 19.7 Å². The van der Waals surface area contributed by atoms with Gasteiger partial charge in [0.25, 0.3) is 17.5 Å². The molecule has 0 fully saturated rings. The van der Waals surface area contributed by atoms with E-state index in [0.717, 1.165) is 18.2 Å². The lowest BCUT2D eigenvalue weighted by atomic mass is 10.1. The second-order valence-corrected chi connectivity index (χ2v) is 7.57. The highest BCUT2D eigenvalue weighted by molar-refractivity contribution is 6.23. The SMILES string of the molecule is C[C@H](NC(=O)OC(C)(C)C)C(=O)N(C(=O)c1c(F)cccc1[N+](=O)[O-])c1ccccc1. The highest BCUT2D eigenvalue weighted by Gasteiger charge is 2.35. The zero-order valence-corrected chi connectivity index (χ0v) is 17.4. The minimum absolute atomic E-state index is 0.0490. The van der Waals surface area contributed by atoms with Gasteiger partial charge < -0.3 is 10.1 Å². The van der Waals surface area contributed by atoms with Gasteiger partial charge in [0.05, 0.1) is 10.6 Å². The largest absolute Gasteiger partial charge is 0.444 e. The quantitative estimate of drug-likeness (QED) is 0.568. The Morgan fingerprint density at radius 2 is 1.71 bits per heavy atom. The smallest absolute Gasteiger partial charge is 0.408 e. The number of halogens is 1. The molecule has 0 bridgehead atoms. The molecule has 164 valence electrons. The van der Waals surface area contributed by atoms with Crippen molar-refractivity contribution in [3.63, 3.8) is 0 Å². The topological polar surface area (TPSA) is 119 Å². The summed E-state index contributed by atoms with van der Waals surface area (Å²) in [6.07, 6.45) is -0.898. The van der Waals surface area contributed by atoms with E-state index in [4.69, 9.17) is 4.74 Å². The molecule has 0 heterocycles. The van der Waals surface area contributed by atoms with E-state index in [0.29, 0.717) is 4.90 Å². The predicted octanol–water partition coefficient (Wildman–Crippen LogP) is 3.82. The number of hydrogen-bond acceptors (Lipinski definition) is 6. The number of nitrogens with zero attached hydrogens (tertiary/aromatic N) is 2.